The molecule has 0 amide bonds. The molecular weight excluding hydrogens is 446 g/mol. The van der Waals surface area contributed by atoms with Gasteiger partial charge in [-0.1, -0.05) is 54.6 Å². The summed E-state index contributed by atoms with van der Waals surface area (Å²) in [6, 6.07) is 36.9. The number of hydrogen-bond donors (Lipinski definition) is 0. The molecule has 0 saturated carbocycles. The molecule has 8 rings (SSSR count). The molecule has 0 aliphatic rings. The normalized spacial score (nSPS) is 12.0. The van der Waals surface area contributed by atoms with Gasteiger partial charge >= 0.3 is 0 Å². The molecule has 3 nitrogen and oxygen atoms in total. The van der Waals surface area contributed by atoms with E-state index < -0.39 is 0 Å². The van der Waals surface area contributed by atoms with E-state index in [0.717, 1.165) is 22.6 Å². The molecule has 0 atom stereocenters. The van der Waals surface area contributed by atoms with Crippen molar-refractivity contribution in [2.24, 2.45) is 0 Å². The van der Waals surface area contributed by atoms with E-state index >= 15 is 0 Å². The van der Waals surface area contributed by atoms with Gasteiger partial charge in [0.05, 0.1) is 16.7 Å². The molecule has 0 aliphatic carbocycles. The van der Waals surface area contributed by atoms with Crippen LogP contribution in [0.5, 0.6) is 0 Å². The first-order valence-electron chi connectivity index (χ1n) is 11.7. The van der Waals surface area contributed by atoms with Crippen LogP contribution in [0.25, 0.3) is 64.6 Å². The minimum Gasteiger partial charge on any atom is -0.309 e. The van der Waals surface area contributed by atoms with Gasteiger partial charge in [0.2, 0.25) is 0 Å². The fourth-order valence-corrected chi connectivity index (χ4v) is 6.52. The highest BCUT2D eigenvalue weighted by Crippen LogP contribution is 2.43. The van der Waals surface area contributed by atoms with Crippen LogP contribution in [0.4, 0.5) is 0 Å². The third-order valence-corrected chi connectivity index (χ3v) is 8.10. The molecule has 4 heterocycles. The lowest BCUT2D eigenvalue weighted by Gasteiger charge is -2.08. The minimum absolute atomic E-state index is 0.959. The first-order valence-corrected chi connectivity index (χ1v) is 12.5. The summed E-state index contributed by atoms with van der Waals surface area (Å²) >= 11 is 1.87. The van der Waals surface area contributed by atoms with E-state index in [1.165, 1.54) is 42.0 Å². The number of rotatable bonds is 2. The van der Waals surface area contributed by atoms with Crippen LogP contribution in [0, 0.1) is 0 Å². The van der Waals surface area contributed by atoms with E-state index in [9.17, 15) is 0 Å². The molecular formula is C31H19N3S. The number of hydrogen-bond acceptors (Lipinski definition) is 2. The van der Waals surface area contributed by atoms with Gasteiger partial charge in [0.15, 0.2) is 0 Å². The highest BCUT2D eigenvalue weighted by atomic mass is 32.1. The summed E-state index contributed by atoms with van der Waals surface area (Å²) in [6.45, 7) is 0. The molecule has 0 bridgehead atoms. The zero-order valence-electron chi connectivity index (χ0n) is 18.7. The second kappa shape index (κ2) is 7.05. The van der Waals surface area contributed by atoms with Crippen LogP contribution < -0.4 is 0 Å². The van der Waals surface area contributed by atoms with Gasteiger partial charge in [-0.05, 0) is 48.5 Å². The van der Waals surface area contributed by atoms with Crippen LogP contribution in [0.3, 0.4) is 0 Å². The molecule has 4 aromatic heterocycles. The van der Waals surface area contributed by atoms with Crippen LogP contribution >= 0.6 is 11.3 Å². The Morgan fingerprint density at radius 1 is 0.600 bits per heavy atom. The Morgan fingerprint density at radius 2 is 1.40 bits per heavy atom. The van der Waals surface area contributed by atoms with Crippen molar-refractivity contribution in [2.75, 3.05) is 0 Å². The zero-order valence-corrected chi connectivity index (χ0v) is 19.5. The predicted molar refractivity (Wildman–Crippen MR) is 148 cm³/mol. The minimum atomic E-state index is 0.959. The number of aromatic nitrogens is 3. The number of benzene rings is 4. The molecule has 0 radical (unpaired) electrons. The maximum absolute atomic E-state index is 4.79. The Labute approximate surface area is 205 Å². The molecule has 35 heavy (non-hydrogen) atoms. The lowest BCUT2D eigenvalue weighted by molar-refractivity contribution is 1.18. The van der Waals surface area contributed by atoms with Crippen molar-refractivity contribution in [2.45, 2.75) is 0 Å². The largest absolute Gasteiger partial charge is 0.309 e. The van der Waals surface area contributed by atoms with Crippen molar-refractivity contribution in [1.29, 1.82) is 0 Å². The average Bonchev–Trinajstić information content (AvgIpc) is 3.60. The topological polar surface area (TPSA) is 22.2 Å². The van der Waals surface area contributed by atoms with E-state index in [-0.39, 0.29) is 0 Å². The van der Waals surface area contributed by atoms with Crippen LogP contribution in [0.2, 0.25) is 0 Å². The molecule has 0 N–H and O–H groups in total. The van der Waals surface area contributed by atoms with Gasteiger partial charge in [-0.2, -0.15) is 0 Å². The Bertz CT molecular complexity index is 2020. The molecule has 0 unspecified atom stereocenters. The summed E-state index contributed by atoms with van der Waals surface area (Å²) < 4.78 is 7.13. The SMILES string of the molecule is c1ccc2c(c1)sc1ccc3c(c4ccccc4n3-c3ccc(-c4cn5ccccc5n4)cc3)c12. The van der Waals surface area contributed by atoms with Gasteiger partial charge in [-0.25, -0.2) is 4.98 Å². The molecule has 0 spiro atoms. The zero-order chi connectivity index (χ0) is 22.9. The second-order valence-electron chi connectivity index (χ2n) is 8.92. The van der Waals surface area contributed by atoms with E-state index in [2.05, 4.69) is 100 Å². The van der Waals surface area contributed by atoms with Crippen LogP contribution in [0.15, 0.2) is 116 Å². The Morgan fingerprint density at radius 3 is 2.29 bits per heavy atom. The van der Waals surface area contributed by atoms with E-state index in [4.69, 9.17) is 4.98 Å². The first kappa shape index (κ1) is 19.0. The van der Waals surface area contributed by atoms with E-state index in [1.54, 1.807) is 0 Å². The summed E-state index contributed by atoms with van der Waals surface area (Å²) in [4.78, 5) is 4.79. The molecule has 0 saturated heterocycles. The van der Waals surface area contributed by atoms with Crippen molar-refractivity contribution in [3.63, 3.8) is 0 Å². The number of para-hydroxylation sites is 1. The summed E-state index contributed by atoms with van der Waals surface area (Å²) in [6.07, 6.45) is 4.12. The van der Waals surface area contributed by atoms with Crippen molar-refractivity contribution in [1.82, 2.24) is 14.0 Å². The maximum Gasteiger partial charge on any atom is 0.137 e. The Balaban J connectivity index is 1.38. The molecule has 4 aromatic carbocycles. The average molecular weight is 466 g/mol. The lowest BCUT2D eigenvalue weighted by atomic mass is 10.1. The fraction of sp³-hybridized carbons (Fsp3) is 0. The van der Waals surface area contributed by atoms with Crippen LogP contribution in [0.1, 0.15) is 0 Å². The Kier molecular flexibility index (Phi) is 3.82. The van der Waals surface area contributed by atoms with Gasteiger partial charge in [-0.3, -0.25) is 0 Å². The molecule has 164 valence electrons. The van der Waals surface area contributed by atoms with E-state index in [0.29, 0.717) is 0 Å². The third kappa shape index (κ3) is 2.69. The summed E-state index contributed by atoms with van der Waals surface area (Å²) in [5.74, 6) is 0. The van der Waals surface area contributed by atoms with Crippen molar-refractivity contribution in [3.05, 3.63) is 116 Å². The summed E-state index contributed by atoms with van der Waals surface area (Å²) in [7, 11) is 0. The predicted octanol–water partition coefficient (Wildman–Crippen LogP) is 8.47. The van der Waals surface area contributed by atoms with Crippen molar-refractivity contribution >= 4 is 59.0 Å². The monoisotopic (exact) mass is 465 g/mol. The highest BCUT2D eigenvalue weighted by molar-refractivity contribution is 7.26. The van der Waals surface area contributed by atoms with Crippen molar-refractivity contribution < 1.29 is 0 Å². The Hall–Kier alpha value is -4.41. The fourth-order valence-electron chi connectivity index (χ4n) is 5.41. The summed E-state index contributed by atoms with van der Waals surface area (Å²) in [5.41, 5.74) is 6.68. The summed E-state index contributed by atoms with van der Waals surface area (Å²) in [5, 5.41) is 5.32. The van der Waals surface area contributed by atoms with Gasteiger partial charge in [-0.15, -0.1) is 11.3 Å². The van der Waals surface area contributed by atoms with Crippen LogP contribution in [-0.2, 0) is 0 Å². The number of imidazole rings is 1. The van der Waals surface area contributed by atoms with Gasteiger partial charge in [0, 0.05) is 54.6 Å². The van der Waals surface area contributed by atoms with Gasteiger partial charge in [0.25, 0.3) is 0 Å². The quantitative estimate of drug-likeness (QED) is 0.251. The highest BCUT2D eigenvalue weighted by Gasteiger charge is 2.17. The third-order valence-electron chi connectivity index (χ3n) is 6.96. The molecule has 4 heteroatoms. The van der Waals surface area contributed by atoms with Gasteiger partial charge < -0.3 is 8.97 Å². The first-order chi connectivity index (χ1) is 17.3. The smallest absolute Gasteiger partial charge is 0.137 e. The number of pyridine rings is 1. The molecule has 8 aromatic rings. The molecule has 0 aliphatic heterocycles. The number of thiophene rings is 1. The van der Waals surface area contributed by atoms with Crippen molar-refractivity contribution in [3.8, 4) is 16.9 Å². The standard InChI is InChI=1S/C31H19N3S/c1-3-9-25-22(7-1)30-26(16-17-28-31(30)23-8-2-4-10-27(23)35-28)34(25)21-14-12-20(13-15-21)24-19-33-18-6-5-11-29(33)32-24/h1-19H. The van der Waals surface area contributed by atoms with Crippen LogP contribution in [-0.4, -0.2) is 14.0 Å². The van der Waals surface area contributed by atoms with Gasteiger partial charge in [0.1, 0.15) is 5.65 Å². The number of nitrogens with zero attached hydrogens (tertiary/aromatic N) is 3. The second-order valence-corrected chi connectivity index (χ2v) is 10.0. The maximum atomic E-state index is 4.79. The van der Waals surface area contributed by atoms with E-state index in [1.807, 2.05) is 35.7 Å². The lowest BCUT2D eigenvalue weighted by Crippen LogP contribution is -1.93. The molecule has 0 fully saturated rings. The number of fused-ring (bicyclic) bond motifs is 8.